The molecule has 5 nitrogen and oxygen atoms in total. The highest BCUT2D eigenvalue weighted by atomic mass is 79.9. The first-order chi connectivity index (χ1) is 8.18. The van der Waals surface area contributed by atoms with E-state index in [4.69, 9.17) is 0 Å². The fourth-order valence-electron chi connectivity index (χ4n) is 1.23. The lowest BCUT2D eigenvalue weighted by molar-refractivity contribution is 0.102. The summed E-state index contributed by atoms with van der Waals surface area (Å²) in [5.41, 5.74) is 0.148. The van der Waals surface area contributed by atoms with Crippen LogP contribution in [0.25, 0.3) is 0 Å². The fourth-order valence-corrected chi connectivity index (χ4v) is 1.58. The molecule has 0 aliphatic heterocycles. The molecule has 0 fully saturated rings. The third-order valence-corrected chi connectivity index (χ3v) is 2.63. The number of rotatable bonds is 2. The minimum Gasteiger partial charge on any atom is -0.365 e. The molecule has 86 valence electrons. The predicted molar refractivity (Wildman–Crippen MR) is 67.0 cm³/mol. The summed E-state index contributed by atoms with van der Waals surface area (Å²) in [5.74, 6) is -0.422. The van der Waals surface area contributed by atoms with Crippen molar-refractivity contribution in [3.05, 3.63) is 57.2 Å². The molecule has 0 aliphatic rings. The second kappa shape index (κ2) is 4.92. The summed E-state index contributed by atoms with van der Waals surface area (Å²) in [6.45, 7) is 0. The van der Waals surface area contributed by atoms with Crippen LogP contribution in [0.4, 0.5) is 5.69 Å². The lowest BCUT2D eigenvalue weighted by Gasteiger charge is -2.03. The number of carbonyl (C=O) groups excluding carboxylic acids is 1. The Hall–Kier alpha value is -1.95. The highest BCUT2D eigenvalue weighted by molar-refractivity contribution is 9.10. The van der Waals surface area contributed by atoms with Crippen molar-refractivity contribution in [1.82, 2.24) is 9.97 Å². The molecular formula is C11H8BrN3O2. The number of amides is 1. The van der Waals surface area contributed by atoms with Crippen molar-refractivity contribution in [2.24, 2.45) is 0 Å². The van der Waals surface area contributed by atoms with E-state index in [1.54, 1.807) is 18.2 Å². The van der Waals surface area contributed by atoms with Gasteiger partial charge in [0.2, 0.25) is 5.43 Å². The Labute approximate surface area is 105 Å². The van der Waals surface area contributed by atoms with E-state index in [-0.39, 0.29) is 16.8 Å². The monoisotopic (exact) mass is 293 g/mol. The van der Waals surface area contributed by atoms with Gasteiger partial charge in [-0.3, -0.25) is 14.6 Å². The van der Waals surface area contributed by atoms with E-state index in [0.29, 0.717) is 4.47 Å². The molecule has 0 aromatic carbocycles. The maximum absolute atomic E-state index is 11.7. The van der Waals surface area contributed by atoms with Crippen LogP contribution in [0.1, 0.15) is 10.5 Å². The quantitative estimate of drug-likeness (QED) is 0.886. The molecule has 2 aromatic rings. The molecule has 0 unspecified atom stereocenters. The standard InChI is InChI=1S/C11H8BrN3O2/c12-7-5-13-6-9(10(7)16)15-11(17)8-3-1-2-4-14-8/h1-6H,(H,13,16)(H,15,17). The maximum atomic E-state index is 11.7. The summed E-state index contributed by atoms with van der Waals surface area (Å²) in [5, 5.41) is 2.49. The van der Waals surface area contributed by atoms with Crippen molar-refractivity contribution in [2.75, 3.05) is 5.32 Å². The van der Waals surface area contributed by atoms with Crippen LogP contribution >= 0.6 is 15.9 Å². The van der Waals surface area contributed by atoms with Crippen LogP contribution in [0.15, 0.2) is 46.1 Å². The molecule has 0 spiro atoms. The van der Waals surface area contributed by atoms with E-state index >= 15 is 0 Å². The highest BCUT2D eigenvalue weighted by Crippen LogP contribution is 2.06. The molecule has 0 radical (unpaired) electrons. The Balaban J connectivity index is 2.25. The van der Waals surface area contributed by atoms with Crippen molar-refractivity contribution in [3.63, 3.8) is 0 Å². The molecule has 2 aromatic heterocycles. The van der Waals surface area contributed by atoms with Gasteiger partial charge in [-0.25, -0.2) is 0 Å². The molecule has 2 rings (SSSR count). The first-order valence-electron chi connectivity index (χ1n) is 4.77. The number of nitrogens with zero attached hydrogens (tertiary/aromatic N) is 1. The van der Waals surface area contributed by atoms with E-state index in [1.165, 1.54) is 18.6 Å². The first-order valence-corrected chi connectivity index (χ1v) is 5.57. The molecule has 2 N–H and O–H groups in total. The number of aromatic nitrogens is 2. The molecule has 0 saturated carbocycles. The molecular weight excluding hydrogens is 286 g/mol. The maximum Gasteiger partial charge on any atom is 0.274 e. The van der Waals surface area contributed by atoms with E-state index in [9.17, 15) is 9.59 Å². The highest BCUT2D eigenvalue weighted by Gasteiger charge is 2.09. The third-order valence-electron chi connectivity index (χ3n) is 2.05. The van der Waals surface area contributed by atoms with Gasteiger partial charge in [0.15, 0.2) is 0 Å². The number of carbonyl (C=O) groups is 1. The Morgan fingerprint density at radius 1 is 1.35 bits per heavy atom. The Morgan fingerprint density at radius 2 is 2.18 bits per heavy atom. The van der Waals surface area contributed by atoms with Crippen molar-refractivity contribution < 1.29 is 4.79 Å². The molecule has 0 atom stereocenters. The Kier molecular flexibility index (Phi) is 3.34. The third kappa shape index (κ3) is 2.59. The Bertz CT molecular complexity index is 595. The summed E-state index contributed by atoms with van der Waals surface area (Å²) >= 11 is 3.08. The zero-order valence-electron chi connectivity index (χ0n) is 8.61. The second-order valence-corrected chi connectivity index (χ2v) is 4.07. The minimum atomic E-state index is -0.422. The van der Waals surface area contributed by atoms with Crippen LogP contribution in [0, 0.1) is 0 Å². The van der Waals surface area contributed by atoms with E-state index in [1.807, 2.05) is 0 Å². The predicted octanol–water partition coefficient (Wildman–Crippen LogP) is 1.78. The normalized spacial score (nSPS) is 9.94. The van der Waals surface area contributed by atoms with Crippen LogP contribution in [-0.4, -0.2) is 15.9 Å². The van der Waals surface area contributed by atoms with Crippen molar-refractivity contribution in [2.45, 2.75) is 0 Å². The van der Waals surface area contributed by atoms with Gasteiger partial charge >= 0.3 is 0 Å². The number of halogens is 1. The number of pyridine rings is 2. The van der Waals surface area contributed by atoms with Gasteiger partial charge in [-0.1, -0.05) is 6.07 Å². The summed E-state index contributed by atoms with van der Waals surface area (Å²) < 4.78 is 0.358. The van der Waals surface area contributed by atoms with Gasteiger partial charge in [0.25, 0.3) is 5.91 Å². The minimum absolute atomic E-state index is 0.176. The number of nitrogens with one attached hydrogen (secondary N) is 2. The van der Waals surface area contributed by atoms with Crippen LogP contribution < -0.4 is 10.7 Å². The second-order valence-electron chi connectivity index (χ2n) is 3.22. The van der Waals surface area contributed by atoms with Gasteiger partial charge in [-0.2, -0.15) is 0 Å². The molecule has 6 heteroatoms. The van der Waals surface area contributed by atoms with Crippen molar-refractivity contribution in [1.29, 1.82) is 0 Å². The van der Waals surface area contributed by atoms with Gasteiger partial charge in [-0.05, 0) is 28.1 Å². The summed E-state index contributed by atoms with van der Waals surface area (Å²) in [6, 6.07) is 4.98. The van der Waals surface area contributed by atoms with Crippen molar-refractivity contribution >= 4 is 27.5 Å². The molecule has 1 amide bonds. The average Bonchev–Trinajstić information content (AvgIpc) is 2.36. The van der Waals surface area contributed by atoms with Gasteiger partial charge in [0.1, 0.15) is 11.4 Å². The number of hydrogen-bond donors (Lipinski definition) is 2. The van der Waals surface area contributed by atoms with E-state index in [2.05, 4.69) is 31.2 Å². The smallest absolute Gasteiger partial charge is 0.274 e. The number of anilines is 1. The topological polar surface area (TPSA) is 74.8 Å². The lowest BCUT2D eigenvalue weighted by atomic mass is 10.3. The van der Waals surface area contributed by atoms with Gasteiger partial charge < -0.3 is 10.3 Å². The van der Waals surface area contributed by atoms with Gasteiger partial charge in [0, 0.05) is 18.6 Å². The first kappa shape index (κ1) is 11.5. The fraction of sp³-hybridized carbons (Fsp3) is 0. The molecule has 0 saturated heterocycles. The Morgan fingerprint density at radius 3 is 2.88 bits per heavy atom. The van der Waals surface area contributed by atoms with Gasteiger partial charge in [0.05, 0.1) is 4.47 Å². The summed E-state index contributed by atoms with van der Waals surface area (Å²) in [6.07, 6.45) is 4.44. The molecule has 17 heavy (non-hydrogen) atoms. The van der Waals surface area contributed by atoms with Crippen LogP contribution in [0.3, 0.4) is 0 Å². The molecule has 2 heterocycles. The lowest BCUT2D eigenvalue weighted by Crippen LogP contribution is -2.19. The van der Waals surface area contributed by atoms with Crippen LogP contribution in [0.5, 0.6) is 0 Å². The zero-order chi connectivity index (χ0) is 12.3. The number of aromatic amines is 1. The number of hydrogen-bond acceptors (Lipinski definition) is 3. The SMILES string of the molecule is O=C(Nc1c[nH]cc(Br)c1=O)c1ccccn1. The number of H-pyrrole nitrogens is 1. The van der Waals surface area contributed by atoms with Gasteiger partial charge in [-0.15, -0.1) is 0 Å². The zero-order valence-corrected chi connectivity index (χ0v) is 10.2. The average molecular weight is 294 g/mol. The van der Waals surface area contributed by atoms with E-state index in [0.717, 1.165) is 0 Å². The summed E-state index contributed by atoms with van der Waals surface area (Å²) in [7, 11) is 0. The van der Waals surface area contributed by atoms with Crippen LogP contribution in [-0.2, 0) is 0 Å². The molecule has 0 aliphatic carbocycles. The van der Waals surface area contributed by atoms with E-state index < -0.39 is 5.91 Å². The summed E-state index contributed by atoms with van der Waals surface area (Å²) in [4.78, 5) is 30.0. The van der Waals surface area contributed by atoms with Crippen LogP contribution in [0.2, 0.25) is 0 Å². The van der Waals surface area contributed by atoms with Crippen molar-refractivity contribution in [3.8, 4) is 0 Å². The largest absolute Gasteiger partial charge is 0.365 e. The molecule has 0 bridgehead atoms.